The molecule has 3 aromatic rings. The van der Waals surface area contributed by atoms with E-state index >= 15 is 0 Å². The molecular formula is C22H19F3N2O4S. The minimum absolute atomic E-state index is 0.0484. The van der Waals surface area contributed by atoms with E-state index in [1.165, 1.54) is 54.6 Å². The molecule has 0 aromatic heterocycles. The highest BCUT2D eigenvalue weighted by molar-refractivity contribution is 7.92. The van der Waals surface area contributed by atoms with E-state index in [9.17, 15) is 26.4 Å². The average Bonchev–Trinajstić information content (AvgIpc) is 2.76. The molecule has 3 aromatic carbocycles. The standard InChI is InChI=1S/C22H19F3N2O4S/c23-19-3-1-2-4-20(19)27-32(29,30)18-11-7-16(8-12-18)21(28)26-14-13-15-5-9-17(10-6-15)31-22(24)25/h1-12,22,27H,13-14H2,(H,26,28). The molecule has 0 aliphatic rings. The van der Waals surface area contributed by atoms with Crippen molar-refractivity contribution in [1.82, 2.24) is 5.32 Å². The molecule has 0 unspecified atom stereocenters. The van der Waals surface area contributed by atoms with Gasteiger partial charge in [0.1, 0.15) is 11.6 Å². The molecule has 0 fully saturated rings. The van der Waals surface area contributed by atoms with E-state index in [-0.39, 0.29) is 28.4 Å². The number of nitrogens with one attached hydrogen (secondary N) is 2. The molecule has 0 radical (unpaired) electrons. The predicted molar refractivity (Wildman–Crippen MR) is 113 cm³/mol. The summed E-state index contributed by atoms with van der Waals surface area (Å²) in [6.07, 6.45) is 0.458. The van der Waals surface area contributed by atoms with Crippen molar-refractivity contribution in [2.75, 3.05) is 11.3 Å². The highest BCUT2D eigenvalue weighted by Gasteiger charge is 2.17. The van der Waals surface area contributed by atoms with E-state index in [1.807, 2.05) is 0 Å². The first kappa shape index (κ1) is 23.1. The van der Waals surface area contributed by atoms with Crippen LogP contribution in [0, 0.1) is 5.82 Å². The Morgan fingerprint density at radius 2 is 1.59 bits per heavy atom. The van der Waals surface area contributed by atoms with E-state index in [2.05, 4.69) is 14.8 Å². The number of rotatable bonds is 9. The molecule has 0 bridgehead atoms. The van der Waals surface area contributed by atoms with Crippen molar-refractivity contribution in [3.63, 3.8) is 0 Å². The van der Waals surface area contributed by atoms with Gasteiger partial charge in [-0.1, -0.05) is 24.3 Å². The van der Waals surface area contributed by atoms with Gasteiger partial charge < -0.3 is 10.1 Å². The van der Waals surface area contributed by atoms with Crippen LogP contribution in [0.3, 0.4) is 0 Å². The van der Waals surface area contributed by atoms with Gasteiger partial charge in [0.25, 0.3) is 15.9 Å². The lowest BCUT2D eigenvalue weighted by molar-refractivity contribution is -0.0498. The lowest BCUT2D eigenvalue weighted by atomic mass is 10.1. The highest BCUT2D eigenvalue weighted by atomic mass is 32.2. The van der Waals surface area contributed by atoms with Gasteiger partial charge in [0.15, 0.2) is 0 Å². The molecule has 2 N–H and O–H groups in total. The van der Waals surface area contributed by atoms with Crippen LogP contribution in [0.1, 0.15) is 15.9 Å². The summed E-state index contributed by atoms with van der Waals surface area (Å²) in [5.74, 6) is -1.07. The van der Waals surface area contributed by atoms with Gasteiger partial charge in [-0.15, -0.1) is 0 Å². The summed E-state index contributed by atoms with van der Waals surface area (Å²) in [5.41, 5.74) is 0.881. The SMILES string of the molecule is O=C(NCCc1ccc(OC(F)F)cc1)c1ccc(S(=O)(=O)Nc2ccccc2F)cc1. The Labute approximate surface area is 183 Å². The summed E-state index contributed by atoms with van der Waals surface area (Å²) in [6, 6.07) is 16.6. The Morgan fingerprint density at radius 1 is 0.938 bits per heavy atom. The molecule has 10 heteroatoms. The van der Waals surface area contributed by atoms with E-state index in [0.29, 0.717) is 6.42 Å². The van der Waals surface area contributed by atoms with E-state index in [4.69, 9.17) is 0 Å². The quantitative estimate of drug-likeness (QED) is 0.497. The summed E-state index contributed by atoms with van der Waals surface area (Å²) in [6.45, 7) is -2.61. The van der Waals surface area contributed by atoms with Gasteiger partial charge in [-0.2, -0.15) is 8.78 Å². The fourth-order valence-electron chi connectivity index (χ4n) is 2.79. The number of carbonyl (C=O) groups excluding carboxylic acids is 1. The maximum Gasteiger partial charge on any atom is 0.387 e. The molecule has 0 aliphatic carbocycles. The van der Waals surface area contributed by atoms with Crippen LogP contribution < -0.4 is 14.8 Å². The second-order valence-electron chi connectivity index (χ2n) is 6.64. The van der Waals surface area contributed by atoms with Gasteiger partial charge in [-0.3, -0.25) is 9.52 Å². The summed E-state index contributed by atoms with van der Waals surface area (Å²) in [7, 11) is -4.02. The number of anilines is 1. The largest absolute Gasteiger partial charge is 0.435 e. The Balaban J connectivity index is 1.55. The van der Waals surface area contributed by atoms with Crippen LogP contribution in [0.2, 0.25) is 0 Å². The number of alkyl halides is 2. The number of amides is 1. The zero-order valence-electron chi connectivity index (χ0n) is 16.6. The Morgan fingerprint density at radius 3 is 2.22 bits per heavy atom. The van der Waals surface area contributed by atoms with Crippen LogP contribution in [0.25, 0.3) is 0 Å². The van der Waals surface area contributed by atoms with Crippen LogP contribution >= 0.6 is 0 Å². The van der Waals surface area contributed by atoms with Gasteiger partial charge in [0.2, 0.25) is 0 Å². The number of halogens is 3. The van der Waals surface area contributed by atoms with E-state index in [1.54, 1.807) is 12.1 Å². The Kier molecular flexibility index (Phi) is 7.37. The first-order valence-electron chi connectivity index (χ1n) is 9.44. The second-order valence-corrected chi connectivity index (χ2v) is 8.32. The summed E-state index contributed by atoms with van der Waals surface area (Å²) in [4.78, 5) is 12.2. The van der Waals surface area contributed by atoms with Crippen molar-refractivity contribution in [3.8, 4) is 5.75 Å². The minimum Gasteiger partial charge on any atom is -0.435 e. The third-order valence-electron chi connectivity index (χ3n) is 4.39. The highest BCUT2D eigenvalue weighted by Crippen LogP contribution is 2.19. The summed E-state index contributed by atoms with van der Waals surface area (Å²) >= 11 is 0. The van der Waals surface area contributed by atoms with Gasteiger partial charge in [-0.25, -0.2) is 12.8 Å². The van der Waals surface area contributed by atoms with E-state index < -0.39 is 28.4 Å². The molecule has 0 atom stereocenters. The van der Waals surface area contributed by atoms with Crippen molar-refractivity contribution in [1.29, 1.82) is 0 Å². The van der Waals surface area contributed by atoms with E-state index in [0.717, 1.165) is 11.6 Å². The monoisotopic (exact) mass is 464 g/mol. The number of para-hydroxylation sites is 1. The van der Waals surface area contributed by atoms with Crippen molar-refractivity contribution in [2.45, 2.75) is 17.9 Å². The number of carbonyl (C=O) groups is 1. The Bertz CT molecular complexity index is 1170. The van der Waals surface area contributed by atoms with Crippen molar-refractivity contribution in [3.05, 3.63) is 89.7 Å². The summed E-state index contributed by atoms with van der Waals surface area (Å²) in [5, 5.41) is 2.69. The van der Waals surface area contributed by atoms with Crippen molar-refractivity contribution >= 4 is 21.6 Å². The van der Waals surface area contributed by atoms with Crippen LogP contribution in [0.4, 0.5) is 18.9 Å². The van der Waals surface area contributed by atoms with Gasteiger partial charge in [0.05, 0.1) is 10.6 Å². The Hall–Kier alpha value is -3.53. The number of sulfonamides is 1. The molecule has 0 aliphatic heterocycles. The molecule has 0 saturated carbocycles. The second kappa shape index (κ2) is 10.2. The van der Waals surface area contributed by atoms with Crippen molar-refractivity contribution < 1.29 is 31.1 Å². The van der Waals surface area contributed by atoms with Crippen LogP contribution in [-0.4, -0.2) is 27.5 Å². The lowest BCUT2D eigenvalue weighted by Crippen LogP contribution is -2.25. The predicted octanol–water partition coefficient (Wildman–Crippen LogP) is 4.20. The number of ether oxygens (including phenoxy) is 1. The van der Waals surface area contributed by atoms with Crippen LogP contribution in [0.15, 0.2) is 77.7 Å². The molecule has 32 heavy (non-hydrogen) atoms. The number of benzene rings is 3. The van der Waals surface area contributed by atoms with Crippen molar-refractivity contribution in [2.24, 2.45) is 0 Å². The molecule has 0 heterocycles. The number of hydrogen-bond acceptors (Lipinski definition) is 4. The fraction of sp³-hybridized carbons (Fsp3) is 0.136. The minimum atomic E-state index is -4.02. The molecular weight excluding hydrogens is 445 g/mol. The maximum atomic E-state index is 13.7. The van der Waals surface area contributed by atoms with Crippen LogP contribution in [-0.2, 0) is 16.4 Å². The molecule has 0 spiro atoms. The fourth-order valence-corrected chi connectivity index (χ4v) is 3.86. The molecule has 168 valence electrons. The smallest absolute Gasteiger partial charge is 0.387 e. The molecule has 1 amide bonds. The average molecular weight is 464 g/mol. The van der Waals surface area contributed by atoms with Gasteiger partial charge in [-0.05, 0) is 60.5 Å². The molecule has 6 nitrogen and oxygen atoms in total. The topological polar surface area (TPSA) is 84.5 Å². The van der Waals surface area contributed by atoms with Gasteiger partial charge >= 0.3 is 6.61 Å². The molecule has 3 rings (SSSR count). The van der Waals surface area contributed by atoms with Crippen LogP contribution in [0.5, 0.6) is 5.75 Å². The molecule has 0 saturated heterocycles. The van der Waals surface area contributed by atoms with Gasteiger partial charge in [0, 0.05) is 12.1 Å². The number of hydrogen-bond donors (Lipinski definition) is 2. The normalized spacial score (nSPS) is 11.2. The zero-order valence-corrected chi connectivity index (χ0v) is 17.4. The zero-order chi connectivity index (χ0) is 23.1. The first-order chi connectivity index (χ1) is 15.2. The lowest BCUT2D eigenvalue weighted by Gasteiger charge is -2.10. The third kappa shape index (κ3) is 6.24. The first-order valence-corrected chi connectivity index (χ1v) is 10.9. The third-order valence-corrected chi connectivity index (χ3v) is 5.77. The maximum absolute atomic E-state index is 13.7. The summed E-state index contributed by atoms with van der Waals surface area (Å²) < 4.78 is 69.3.